The van der Waals surface area contributed by atoms with Gasteiger partial charge in [0.1, 0.15) is 12.0 Å². The molecule has 0 bridgehead atoms. The summed E-state index contributed by atoms with van der Waals surface area (Å²) in [5.41, 5.74) is 6.71. The molecule has 3 nitrogen and oxygen atoms in total. The van der Waals surface area contributed by atoms with Crippen LogP contribution in [0, 0.1) is 0 Å². The molecular formula is C26H36FN3. The van der Waals surface area contributed by atoms with E-state index in [-0.39, 0.29) is 5.54 Å². The molecule has 1 saturated carbocycles. The van der Waals surface area contributed by atoms with Crippen LogP contribution >= 0.6 is 0 Å². The molecule has 3 rings (SSSR count). The van der Waals surface area contributed by atoms with Crippen molar-refractivity contribution in [3.63, 3.8) is 0 Å². The number of hydrogen-bond donors (Lipinski definition) is 1. The third-order valence-electron chi connectivity index (χ3n) is 6.53. The van der Waals surface area contributed by atoms with Gasteiger partial charge in [-0.2, -0.15) is 0 Å². The number of halogens is 1. The van der Waals surface area contributed by atoms with Crippen molar-refractivity contribution in [2.75, 3.05) is 13.1 Å². The second-order valence-corrected chi connectivity index (χ2v) is 9.35. The zero-order chi connectivity index (χ0) is 22.1. The smallest absolute Gasteiger partial charge is 0.129 e. The maximum Gasteiger partial charge on any atom is 0.129 e. The molecule has 1 N–H and O–H groups in total. The molecule has 1 aliphatic heterocycles. The topological polar surface area (TPSA) is 27.6 Å². The van der Waals surface area contributed by atoms with Gasteiger partial charge in [-0.3, -0.25) is 0 Å². The number of allylic oxidation sites excluding steroid dienone is 2. The molecule has 0 radical (unpaired) electrons. The molecule has 1 saturated heterocycles. The van der Waals surface area contributed by atoms with Crippen molar-refractivity contribution in [3.05, 3.63) is 70.2 Å². The van der Waals surface area contributed by atoms with Crippen LogP contribution in [0.4, 0.5) is 4.39 Å². The lowest BCUT2D eigenvalue weighted by molar-refractivity contribution is 0.374. The summed E-state index contributed by atoms with van der Waals surface area (Å²) in [6.07, 6.45) is 2.48. The van der Waals surface area contributed by atoms with Gasteiger partial charge in [0.2, 0.25) is 0 Å². The standard InChI is InChI=1S/C26H36FN3/c1-17(2)24(18(3)25(28-7)29-26(6)13-14-26)20(5)30-15-12-23(16-30)22-10-8-21(9-11-22)19(4)27/h8-11,19,23,29H,5,7,12-16H2,1-4,6H3/b25-18-. The Morgan fingerprint density at radius 1 is 1.23 bits per heavy atom. The van der Waals surface area contributed by atoms with Crippen LogP contribution in [0.5, 0.6) is 0 Å². The van der Waals surface area contributed by atoms with Crippen molar-refractivity contribution >= 4 is 6.72 Å². The van der Waals surface area contributed by atoms with E-state index in [1.807, 2.05) is 12.1 Å². The Morgan fingerprint density at radius 3 is 2.37 bits per heavy atom. The Morgan fingerprint density at radius 2 is 1.87 bits per heavy atom. The maximum absolute atomic E-state index is 13.5. The zero-order valence-electron chi connectivity index (χ0n) is 19.2. The predicted molar refractivity (Wildman–Crippen MR) is 125 cm³/mol. The minimum absolute atomic E-state index is 0.147. The highest BCUT2D eigenvalue weighted by molar-refractivity contribution is 5.50. The van der Waals surface area contributed by atoms with E-state index >= 15 is 0 Å². The van der Waals surface area contributed by atoms with Crippen molar-refractivity contribution in [3.8, 4) is 0 Å². The first-order valence-corrected chi connectivity index (χ1v) is 11.0. The summed E-state index contributed by atoms with van der Waals surface area (Å²) in [4.78, 5) is 6.68. The van der Waals surface area contributed by atoms with Crippen molar-refractivity contribution < 1.29 is 4.39 Å². The van der Waals surface area contributed by atoms with Crippen LogP contribution < -0.4 is 5.32 Å². The first kappa shape index (κ1) is 22.3. The number of nitrogens with zero attached hydrogens (tertiary/aromatic N) is 2. The molecule has 2 fully saturated rings. The van der Waals surface area contributed by atoms with Crippen LogP contribution in [0.2, 0.25) is 0 Å². The van der Waals surface area contributed by atoms with Crippen molar-refractivity contribution in [1.29, 1.82) is 0 Å². The lowest BCUT2D eigenvalue weighted by Crippen LogP contribution is -2.28. The molecule has 30 heavy (non-hydrogen) atoms. The molecule has 1 aliphatic carbocycles. The van der Waals surface area contributed by atoms with Gasteiger partial charge in [-0.05, 0) is 71.7 Å². The van der Waals surface area contributed by atoms with Gasteiger partial charge < -0.3 is 10.2 Å². The second kappa shape index (κ2) is 8.79. The number of benzene rings is 1. The van der Waals surface area contributed by atoms with Crippen LogP contribution in [0.3, 0.4) is 0 Å². The number of nitrogens with one attached hydrogen (secondary N) is 1. The molecule has 2 unspecified atom stereocenters. The Hall–Kier alpha value is -2.36. The first-order valence-electron chi connectivity index (χ1n) is 11.0. The van der Waals surface area contributed by atoms with Crippen LogP contribution in [-0.4, -0.2) is 30.2 Å². The van der Waals surface area contributed by atoms with Gasteiger partial charge in [0, 0.05) is 41.4 Å². The molecule has 4 heteroatoms. The third kappa shape index (κ3) is 4.85. The van der Waals surface area contributed by atoms with Crippen LogP contribution in [-0.2, 0) is 0 Å². The summed E-state index contributed by atoms with van der Waals surface area (Å²) < 4.78 is 13.5. The Labute approximate surface area is 181 Å². The van der Waals surface area contributed by atoms with Gasteiger partial charge in [-0.15, -0.1) is 0 Å². The molecule has 1 aromatic rings. The van der Waals surface area contributed by atoms with Crippen LogP contribution in [0.25, 0.3) is 0 Å². The van der Waals surface area contributed by atoms with Crippen LogP contribution in [0.1, 0.15) is 77.1 Å². The SMILES string of the molecule is C=N/C(NC1(C)CC1)=C(\C)C(C(=C)N1CCC(c2ccc(C(C)F)cc2)C1)=C(C)C. The van der Waals surface area contributed by atoms with Gasteiger partial charge in [-0.1, -0.05) is 36.4 Å². The first-order chi connectivity index (χ1) is 14.1. The molecule has 2 atom stereocenters. The quantitative estimate of drug-likeness (QED) is 0.396. The molecule has 1 heterocycles. The van der Waals surface area contributed by atoms with Crippen molar-refractivity contribution in [1.82, 2.24) is 10.2 Å². The molecule has 1 aromatic carbocycles. The minimum Gasteiger partial charge on any atom is -0.371 e. The fourth-order valence-electron chi connectivity index (χ4n) is 4.32. The number of hydrogen-bond acceptors (Lipinski definition) is 3. The molecule has 0 aromatic heterocycles. The maximum atomic E-state index is 13.5. The molecular weight excluding hydrogens is 373 g/mol. The Bertz CT molecular complexity index is 868. The van der Waals surface area contributed by atoms with E-state index in [1.54, 1.807) is 6.92 Å². The highest BCUT2D eigenvalue weighted by Crippen LogP contribution is 2.38. The van der Waals surface area contributed by atoms with Gasteiger partial charge in [0.05, 0.1) is 0 Å². The summed E-state index contributed by atoms with van der Waals surface area (Å²) in [7, 11) is 0. The number of rotatable bonds is 8. The van der Waals surface area contributed by atoms with E-state index in [2.05, 4.69) is 68.3 Å². The van der Waals surface area contributed by atoms with E-state index in [4.69, 9.17) is 0 Å². The minimum atomic E-state index is -0.923. The van der Waals surface area contributed by atoms with Crippen LogP contribution in [0.15, 0.2) is 64.1 Å². The van der Waals surface area contributed by atoms with E-state index < -0.39 is 6.17 Å². The van der Waals surface area contributed by atoms with E-state index in [1.165, 1.54) is 11.1 Å². The summed E-state index contributed by atoms with van der Waals surface area (Å²) >= 11 is 0. The van der Waals surface area contributed by atoms with E-state index in [9.17, 15) is 4.39 Å². The highest BCUT2D eigenvalue weighted by atomic mass is 19.1. The zero-order valence-corrected chi connectivity index (χ0v) is 19.2. The lowest BCUT2D eigenvalue weighted by Gasteiger charge is -2.27. The van der Waals surface area contributed by atoms with E-state index in [0.717, 1.165) is 60.6 Å². The third-order valence-corrected chi connectivity index (χ3v) is 6.53. The normalized spacial score (nSPS) is 21.5. The average Bonchev–Trinajstić information content (AvgIpc) is 3.23. The van der Waals surface area contributed by atoms with Gasteiger partial charge in [0.25, 0.3) is 0 Å². The number of aliphatic imine (C=N–C) groups is 1. The highest BCUT2D eigenvalue weighted by Gasteiger charge is 2.38. The van der Waals surface area contributed by atoms with E-state index in [0.29, 0.717) is 5.92 Å². The van der Waals surface area contributed by atoms with Gasteiger partial charge in [0.15, 0.2) is 0 Å². The summed E-state index contributed by atoms with van der Waals surface area (Å²) in [5, 5.41) is 3.57. The summed E-state index contributed by atoms with van der Waals surface area (Å²) in [6.45, 7) is 20.3. The molecule has 2 aliphatic rings. The Balaban J connectivity index is 1.77. The fraction of sp³-hybridized carbons (Fsp3) is 0.500. The van der Waals surface area contributed by atoms with Crippen molar-refractivity contribution in [2.45, 2.75) is 71.5 Å². The summed E-state index contributed by atoms with van der Waals surface area (Å²) in [5.74, 6) is 1.30. The fourth-order valence-corrected chi connectivity index (χ4v) is 4.32. The summed E-state index contributed by atoms with van der Waals surface area (Å²) in [6, 6.07) is 7.99. The predicted octanol–water partition coefficient (Wildman–Crippen LogP) is 6.43. The Kier molecular flexibility index (Phi) is 6.54. The molecule has 162 valence electrons. The number of likely N-dealkylation sites (tertiary alicyclic amines) is 1. The largest absolute Gasteiger partial charge is 0.371 e. The number of alkyl halides is 1. The lowest BCUT2D eigenvalue weighted by atomic mass is 9.96. The molecule has 0 amide bonds. The van der Waals surface area contributed by atoms with Crippen molar-refractivity contribution in [2.24, 2.45) is 4.99 Å². The van der Waals surface area contributed by atoms with Gasteiger partial charge >= 0.3 is 0 Å². The average molecular weight is 410 g/mol. The monoisotopic (exact) mass is 409 g/mol. The van der Waals surface area contributed by atoms with Gasteiger partial charge in [-0.25, -0.2) is 9.38 Å². The molecule has 0 spiro atoms. The second-order valence-electron chi connectivity index (χ2n) is 9.35.